The fraction of sp³-hybridized carbons (Fsp3) is 0.692. The first-order valence-electron chi connectivity index (χ1n) is 6.71. The summed E-state index contributed by atoms with van der Waals surface area (Å²) in [6, 6.07) is 0. The normalized spacial score (nSPS) is 22.2. The summed E-state index contributed by atoms with van der Waals surface area (Å²) in [4.78, 5) is 9.41. The minimum absolute atomic E-state index is 0.114. The minimum Gasteiger partial charge on any atom is -0.370 e. The van der Waals surface area contributed by atoms with Gasteiger partial charge in [-0.2, -0.15) is 11.8 Å². The van der Waals surface area contributed by atoms with Gasteiger partial charge in [0.15, 0.2) is 5.82 Å². The molecular weight excluding hydrogens is 246 g/mol. The van der Waals surface area contributed by atoms with Crippen LogP contribution in [0.4, 0.5) is 5.82 Å². The average Bonchev–Trinajstić information content (AvgIpc) is 3.05. The van der Waals surface area contributed by atoms with Crippen molar-refractivity contribution in [2.75, 3.05) is 18.5 Å². The lowest BCUT2D eigenvalue weighted by molar-refractivity contribution is 0.105. The van der Waals surface area contributed by atoms with Crippen molar-refractivity contribution in [1.82, 2.24) is 9.97 Å². The Morgan fingerprint density at radius 2 is 2.33 bits per heavy atom. The van der Waals surface area contributed by atoms with Crippen LogP contribution < -0.4 is 5.32 Å². The molecule has 5 heteroatoms. The van der Waals surface area contributed by atoms with Gasteiger partial charge in [0.25, 0.3) is 0 Å². The van der Waals surface area contributed by atoms with E-state index in [1.165, 1.54) is 11.3 Å². The maximum Gasteiger partial charge on any atom is 0.159 e. The third-order valence-electron chi connectivity index (χ3n) is 3.36. The van der Waals surface area contributed by atoms with Crippen LogP contribution in [0.15, 0.2) is 0 Å². The topological polar surface area (TPSA) is 47.0 Å². The number of hydrogen-bond acceptors (Lipinski definition) is 5. The van der Waals surface area contributed by atoms with E-state index in [-0.39, 0.29) is 6.10 Å². The van der Waals surface area contributed by atoms with Crippen LogP contribution in [0.3, 0.4) is 0 Å². The predicted octanol–water partition coefficient (Wildman–Crippen LogP) is 2.90. The van der Waals surface area contributed by atoms with E-state index in [9.17, 15) is 0 Å². The SMILES string of the molecule is CCCNc1nc(C2CCCO2)nc2c1CSC2. The first-order valence-corrected chi connectivity index (χ1v) is 7.87. The summed E-state index contributed by atoms with van der Waals surface area (Å²) in [6.45, 7) is 3.99. The molecule has 2 aliphatic rings. The van der Waals surface area contributed by atoms with Crippen molar-refractivity contribution in [3.8, 4) is 0 Å². The Labute approximate surface area is 112 Å². The molecule has 98 valence electrons. The van der Waals surface area contributed by atoms with Gasteiger partial charge in [-0.05, 0) is 19.3 Å². The van der Waals surface area contributed by atoms with Gasteiger partial charge in [-0.25, -0.2) is 9.97 Å². The highest BCUT2D eigenvalue weighted by molar-refractivity contribution is 7.98. The van der Waals surface area contributed by atoms with Gasteiger partial charge in [-0.1, -0.05) is 6.92 Å². The summed E-state index contributed by atoms with van der Waals surface area (Å²) in [5, 5.41) is 3.44. The van der Waals surface area contributed by atoms with Crippen LogP contribution in [0.2, 0.25) is 0 Å². The van der Waals surface area contributed by atoms with E-state index >= 15 is 0 Å². The molecule has 3 heterocycles. The zero-order valence-corrected chi connectivity index (χ0v) is 11.6. The number of anilines is 1. The lowest BCUT2D eigenvalue weighted by Crippen LogP contribution is -2.12. The second-order valence-electron chi connectivity index (χ2n) is 4.78. The van der Waals surface area contributed by atoms with Crippen LogP contribution in [0.5, 0.6) is 0 Å². The van der Waals surface area contributed by atoms with E-state index in [0.29, 0.717) is 0 Å². The molecule has 0 radical (unpaired) electrons. The Balaban J connectivity index is 1.90. The van der Waals surface area contributed by atoms with Crippen LogP contribution in [0, 0.1) is 0 Å². The molecule has 0 aromatic carbocycles. The summed E-state index contributed by atoms with van der Waals surface area (Å²) in [5.74, 6) is 3.97. The Morgan fingerprint density at radius 3 is 3.11 bits per heavy atom. The first-order chi connectivity index (χ1) is 8.88. The number of thioether (sulfide) groups is 1. The van der Waals surface area contributed by atoms with Crippen molar-refractivity contribution >= 4 is 17.6 Å². The molecule has 0 aliphatic carbocycles. The highest BCUT2D eigenvalue weighted by Crippen LogP contribution is 2.35. The summed E-state index contributed by atoms with van der Waals surface area (Å²) in [6.07, 6.45) is 3.40. The average molecular weight is 265 g/mol. The number of hydrogen-bond donors (Lipinski definition) is 1. The number of fused-ring (bicyclic) bond motifs is 1. The molecule has 1 unspecified atom stereocenters. The minimum atomic E-state index is 0.114. The molecule has 18 heavy (non-hydrogen) atoms. The van der Waals surface area contributed by atoms with Crippen molar-refractivity contribution in [2.45, 2.75) is 43.8 Å². The monoisotopic (exact) mass is 265 g/mol. The molecule has 0 bridgehead atoms. The molecule has 0 amide bonds. The summed E-state index contributed by atoms with van der Waals surface area (Å²) < 4.78 is 5.70. The van der Waals surface area contributed by atoms with Gasteiger partial charge >= 0.3 is 0 Å². The molecule has 0 saturated carbocycles. The lowest BCUT2D eigenvalue weighted by Gasteiger charge is -2.14. The number of rotatable bonds is 4. The molecule has 1 N–H and O–H groups in total. The first kappa shape index (κ1) is 12.2. The fourth-order valence-electron chi connectivity index (χ4n) is 2.39. The molecule has 1 aromatic heterocycles. The molecule has 3 rings (SSSR count). The second-order valence-corrected chi connectivity index (χ2v) is 5.76. The third-order valence-corrected chi connectivity index (χ3v) is 4.33. The molecular formula is C13H19N3OS. The van der Waals surface area contributed by atoms with Crippen LogP contribution >= 0.6 is 11.8 Å². The largest absolute Gasteiger partial charge is 0.370 e. The van der Waals surface area contributed by atoms with E-state index in [1.54, 1.807) is 0 Å². The van der Waals surface area contributed by atoms with Crippen LogP contribution in [0.25, 0.3) is 0 Å². The fourth-order valence-corrected chi connectivity index (χ4v) is 3.43. The number of nitrogens with one attached hydrogen (secondary N) is 1. The Bertz CT molecular complexity index is 432. The third kappa shape index (κ3) is 2.34. The van der Waals surface area contributed by atoms with Gasteiger partial charge in [0, 0.05) is 30.2 Å². The summed E-state index contributed by atoms with van der Waals surface area (Å²) in [5.41, 5.74) is 2.51. The highest BCUT2D eigenvalue weighted by atomic mass is 32.2. The van der Waals surface area contributed by atoms with Crippen LogP contribution in [-0.4, -0.2) is 23.1 Å². The standard InChI is InChI=1S/C13H19N3OS/c1-2-5-14-12-9-7-18-8-10(9)15-13(16-12)11-4-3-6-17-11/h11H,2-8H2,1H3,(H,14,15,16). The van der Waals surface area contributed by atoms with Crippen molar-refractivity contribution in [2.24, 2.45) is 0 Å². The van der Waals surface area contributed by atoms with E-state index < -0.39 is 0 Å². The summed E-state index contributed by atoms with van der Waals surface area (Å²) >= 11 is 1.92. The van der Waals surface area contributed by atoms with Gasteiger partial charge in [0.2, 0.25) is 0 Å². The maximum absolute atomic E-state index is 5.70. The Kier molecular flexibility index (Phi) is 3.70. The van der Waals surface area contributed by atoms with E-state index in [0.717, 1.165) is 55.6 Å². The molecule has 1 aromatic rings. The molecule has 4 nitrogen and oxygen atoms in total. The smallest absolute Gasteiger partial charge is 0.159 e. The van der Waals surface area contributed by atoms with E-state index in [1.807, 2.05) is 11.8 Å². The number of nitrogens with zero attached hydrogens (tertiary/aromatic N) is 2. The number of ether oxygens (including phenoxy) is 1. The molecule has 2 aliphatic heterocycles. The Morgan fingerprint density at radius 1 is 1.39 bits per heavy atom. The second kappa shape index (κ2) is 5.45. The quantitative estimate of drug-likeness (QED) is 0.907. The van der Waals surface area contributed by atoms with Gasteiger partial charge in [0.1, 0.15) is 11.9 Å². The number of aromatic nitrogens is 2. The Hall–Kier alpha value is -0.810. The zero-order valence-electron chi connectivity index (χ0n) is 10.7. The molecule has 1 atom stereocenters. The van der Waals surface area contributed by atoms with Crippen molar-refractivity contribution in [3.63, 3.8) is 0 Å². The van der Waals surface area contributed by atoms with E-state index in [2.05, 4.69) is 12.2 Å². The highest BCUT2D eigenvalue weighted by Gasteiger charge is 2.25. The molecule has 1 fully saturated rings. The van der Waals surface area contributed by atoms with Crippen LogP contribution in [-0.2, 0) is 16.2 Å². The summed E-state index contributed by atoms with van der Waals surface area (Å²) in [7, 11) is 0. The lowest BCUT2D eigenvalue weighted by atomic mass is 10.2. The van der Waals surface area contributed by atoms with Gasteiger partial charge < -0.3 is 10.1 Å². The van der Waals surface area contributed by atoms with Crippen molar-refractivity contribution < 1.29 is 4.74 Å². The van der Waals surface area contributed by atoms with Gasteiger partial charge in [-0.3, -0.25) is 0 Å². The molecule has 0 spiro atoms. The molecule has 1 saturated heterocycles. The maximum atomic E-state index is 5.70. The van der Waals surface area contributed by atoms with Gasteiger partial charge in [0.05, 0.1) is 5.69 Å². The van der Waals surface area contributed by atoms with Crippen molar-refractivity contribution in [3.05, 3.63) is 17.1 Å². The predicted molar refractivity (Wildman–Crippen MR) is 73.7 cm³/mol. The van der Waals surface area contributed by atoms with Crippen LogP contribution in [0.1, 0.15) is 49.4 Å². The zero-order chi connectivity index (χ0) is 12.4. The van der Waals surface area contributed by atoms with Crippen molar-refractivity contribution in [1.29, 1.82) is 0 Å². The van der Waals surface area contributed by atoms with Gasteiger partial charge in [-0.15, -0.1) is 0 Å². The van der Waals surface area contributed by atoms with E-state index in [4.69, 9.17) is 14.7 Å².